The number of amides is 3. The van der Waals surface area contributed by atoms with Crippen LogP contribution in [0.3, 0.4) is 0 Å². The zero-order valence-electron chi connectivity index (χ0n) is 24.0. The van der Waals surface area contributed by atoms with E-state index in [0.29, 0.717) is 25.1 Å². The van der Waals surface area contributed by atoms with Crippen molar-refractivity contribution in [2.24, 2.45) is 5.92 Å². The Morgan fingerprint density at radius 3 is 2.67 bits per heavy atom. The van der Waals surface area contributed by atoms with Crippen LogP contribution in [0.1, 0.15) is 84.5 Å². The molecule has 13 heteroatoms. The van der Waals surface area contributed by atoms with E-state index in [1.54, 1.807) is 34.6 Å². The van der Waals surface area contributed by atoms with Gasteiger partial charge in [0.25, 0.3) is 0 Å². The SMILES string of the molecule is CCOC(=O)[C@@]12C[C@H]1/C=C\CCCCC[C@H](NC(=O)OC(C)(C)C)C(=O)N1C[C@H](n3nnc(C)n3)C[C@H]1C(=O)N2. The van der Waals surface area contributed by atoms with E-state index in [1.807, 2.05) is 12.2 Å². The number of alkyl carbamates (subject to hydrolysis) is 1. The van der Waals surface area contributed by atoms with Crippen molar-refractivity contribution in [1.82, 2.24) is 35.7 Å². The standard InChI is InChI=1S/C27H41N7O6/c1-6-39-24(37)27-15-18(27)12-10-8-7-9-11-13-20(28-25(38)40-26(3,4)5)23(36)33-16-19(14-21(33)22(35)29-27)34-31-17(2)30-32-34/h10,12,18-21H,6-9,11,13-16H2,1-5H3,(H,28,38)(H,29,35)/b12-10-/t18-,19-,20+,21+,27-/m1/s1. The maximum Gasteiger partial charge on any atom is 0.408 e. The van der Waals surface area contributed by atoms with Crippen LogP contribution in [0.4, 0.5) is 4.79 Å². The Labute approximate surface area is 234 Å². The van der Waals surface area contributed by atoms with Crippen molar-refractivity contribution in [1.29, 1.82) is 0 Å². The van der Waals surface area contributed by atoms with Crippen LogP contribution in [0.5, 0.6) is 0 Å². The second-order valence-corrected chi connectivity index (χ2v) is 11.8. The fraction of sp³-hybridized carbons (Fsp3) is 0.741. The van der Waals surface area contributed by atoms with Gasteiger partial charge in [0.15, 0.2) is 5.82 Å². The van der Waals surface area contributed by atoms with Crippen molar-refractivity contribution in [3.05, 3.63) is 18.0 Å². The van der Waals surface area contributed by atoms with Gasteiger partial charge in [0.05, 0.1) is 12.6 Å². The summed E-state index contributed by atoms with van der Waals surface area (Å²) in [7, 11) is 0. The lowest BCUT2D eigenvalue weighted by atomic mass is 10.0. The molecule has 3 heterocycles. The molecule has 1 aromatic heterocycles. The van der Waals surface area contributed by atoms with Gasteiger partial charge in [-0.1, -0.05) is 25.0 Å². The second-order valence-electron chi connectivity index (χ2n) is 11.8. The minimum absolute atomic E-state index is 0.148. The Morgan fingerprint density at radius 1 is 1.23 bits per heavy atom. The molecule has 1 saturated carbocycles. The number of tetrazole rings is 1. The van der Waals surface area contributed by atoms with Crippen LogP contribution in [0, 0.1) is 12.8 Å². The molecule has 1 aliphatic carbocycles. The van der Waals surface area contributed by atoms with Gasteiger partial charge < -0.3 is 25.0 Å². The van der Waals surface area contributed by atoms with Crippen molar-refractivity contribution in [3.8, 4) is 0 Å². The first kappa shape index (κ1) is 29.5. The summed E-state index contributed by atoms with van der Waals surface area (Å²) in [6, 6.07) is -2.20. The molecule has 1 aromatic rings. The zero-order chi connectivity index (χ0) is 29.1. The number of ether oxygens (including phenoxy) is 2. The number of aryl methyl sites for hydroxylation is 1. The van der Waals surface area contributed by atoms with Crippen LogP contribution in [0.2, 0.25) is 0 Å². The number of nitrogens with zero attached hydrogens (tertiary/aromatic N) is 5. The highest BCUT2D eigenvalue weighted by Gasteiger charge is 2.62. The minimum atomic E-state index is -1.16. The third-order valence-corrected chi connectivity index (χ3v) is 7.44. The first-order chi connectivity index (χ1) is 18.9. The number of hydrogen-bond acceptors (Lipinski definition) is 9. The van der Waals surface area contributed by atoms with Crippen LogP contribution < -0.4 is 10.6 Å². The fourth-order valence-corrected chi connectivity index (χ4v) is 5.39. The zero-order valence-corrected chi connectivity index (χ0v) is 24.0. The van der Waals surface area contributed by atoms with Crippen molar-refractivity contribution >= 4 is 23.9 Å². The van der Waals surface area contributed by atoms with Crippen LogP contribution in [0.25, 0.3) is 0 Å². The molecule has 220 valence electrons. The van der Waals surface area contributed by atoms with Crippen molar-refractivity contribution in [2.75, 3.05) is 13.2 Å². The molecule has 2 fully saturated rings. The number of esters is 1. The highest BCUT2D eigenvalue weighted by Crippen LogP contribution is 2.46. The van der Waals surface area contributed by atoms with E-state index < -0.39 is 53.1 Å². The number of hydrogen-bond donors (Lipinski definition) is 2. The van der Waals surface area contributed by atoms with E-state index in [9.17, 15) is 19.2 Å². The molecule has 0 bridgehead atoms. The molecular weight excluding hydrogens is 518 g/mol. The second kappa shape index (κ2) is 11.9. The smallest absolute Gasteiger partial charge is 0.408 e. The van der Waals surface area contributed by atoms with E-state index in [4.69, 9.17) is 9.47 Å². The molecule has 2 aliphatic heterocycles. The van der Waals surface area contributed by atoms with Crippen LogP contribution in [-0.4, -0.2) is 85.4 Å². The van der Waals surface area contributed by atoms with Crippen LogP contribution in [-0.2, 0) is 23.9 Å². The molecule has 1 saturated heterocycles. The highest BCUT2D eigenvalue weighted by molar-refractivity contribution is 5.96. The summed E-state index contributed by atoms with van der Waals surface area (Å²) in [5, 5.41) is 18.0. The lowest BCUT2D eigenvalue weighted by Crippen LogP contribution is -2.56. The molecule has 3 amide bonds. The summed E-state index contributed by atoms with van der Waals surface area (Å²) in [6.45, 7) is 9.03. The molecule has 13 nitrogen and oxygen atoms in total. The predicted molar refractivity (Wildman–Crippen MR) is 143 cm³/mol. The molecule has 4 rings (SSSR count). The van der Waals surface area contributed by atoms with Crippen LogP contribution in [0.15, 0.2) is 12.2 Å². The molecular formula is C27H41N7O6. The first-order valence-electron chi connectivity index (χ1n) is 14.2. The molecule has 5 atom stereocenters. The van der Waals surface area contributed by atoms with Crippen molar-refractivity contribution in [2.45, 2.75) is 109 Å². The molecule has 3 aliphatic rings. The molecule has 0 radical (unpaired) electrons. The summed E-state index contributed by atoms with van der Waals surface area (Å²) >= 11 is 0. The van der Waals surface area contributed by atoms with Crippen molar-refractivity contribution in [3.63, 3.8) is 0 Å². The van der Waals surface area contributed by atoms with E-state index in [2.05, 4.69) is 26.0 Å². The lowest BCUT2D eigenvalue weighted by Gasteiger charge is -2.30. The summed E-state index contributed by atoms with van der Waals surface area (Å²) in [5.74, 6) is -1.03. The Balaban J connectivity index is 1.64. The summed E-state index contributed by atoms with van der Waals surface area (Å²) in [4.78, 5) is 56.4. The Hall–Kier alpha value is -3.51. The Kier molecular flexibility index (Phi) is 8.79. The maximum absolute atomic E-state index is 14.0. The largest absolute Gasteiger partial charge is 0.464 e. The number of carbonyl (C=O) groups excluding carboxylic acids is 4. The first-order valence-corrected chi connectivity index (χ1v) is 14.2. The Bertz CT molecular complexity index is 1140. The fourth-order valence-electron chi connectivity index (χ4n) is 5.39. The van der Waals surface area contributed by atoms with Crippen molar-refractivity contribution < 1.29 is 28.7 Å². The minimum Gasteiger partial charge on any atom is -0.464 e. The molecule has 40 heavy (non-hydrogen) atoms. The quantitative estimate of drug-likeness (QED) is 0.416. The van der Waals surface area contributed by atoms with Gasteiger partial charge in [-0.15, -0.1) is 10.2 Å². The van der Waals surface area contributed by atoms with Gasteiger partial charge in [-0.05, 0) is 65.5 Å². The lowest BCUT2D eigenvalue weighted by molar-refractivity contribution is -0.150. The van der Waals surface area contributed by atoms with Gasteiger partial charge in [0.1, 0.15) is 23.2 Å². The third-order valence-electron chi connectivity index (χ3n) is 7.44. The van der Waals surface area contributed by atoms with Crippen LogP contribution >= 0.6 is 0 Å². The normalized spacial score (nSPS) is 30.2. The summed E-state index contributed by atoms with van der Waals surface area (Å²) in [6.07, 6.45) is 7.63. The number of fused-ring (bicyclic) bond motifs is 2. The topological polar surface area (TPSA) is 158 Å². The van der Waals surface area contributed by atoms with Gasteiger partial charge in [-0.3, -0.25) is 9.59 Å². The number of carbonyl (C=O) groups is 4. The molecule has 0 aromatic carbocycles. The summed E-state index contributed by atoms with van der Waals surface area (Å²) < 4.78 is 10.8. The monoisotopic (exact) mass is 559 g/mol. The number of nitrogens with one attached hydrogen (secondary N) is 2. The van der Waals surface area contributed by atoms with Gasteiger partial charge >= 0.3 is 12.1 Å². The van der Waals surface area contributed by atoms with E-state index in [1.165, 1.54) is 9.70 Å². The average Bonchev–Trinajstić information content (AvgIpc) is 3.17. The van der Waals surface area contributed by atoms with Gasteiger partial charge in [-0.25, -0.2) is 9.59 Å². The molecule has 2 N–H and O–H groups in total. The van der Waals surface area contributed by atoms with E-state index in [0.717, 1.165) is 19.3 Å². The van der Waals surface area contributed by atoms with Gasteiger partial charge in [0.2, 0.25) is 11.8 Å². The van der Waals surface area contributed by atoms with Gasteiger partial charge in [-0.2, -0.15) is 4.80 Å². The number of allylic oxidation sites excluding steroid dienone is 1. The highest BCUT2D eigenvalue weighted by atomic mass is 16.6. The predicted octanol–water partition coefficient (Wildman–Crippen LogP) is 1.98. The third kappa shape index (κ3) is 6.79. The number of rotatable bonds is 4. The average molecular weight is 560 g/mol. The molecule has 0 unspecified atom stereocenters. The summed E-state index contributed by atoms with van der Waals surface area (Å²) in [5.41, 5.74) is -1.90. The number of aromatic nitrogens is 4. The maximum atomic E-state index is 14.0. The molecule has 0 spiro atoms. The van der Waals surface area contributed by atoms with E-state index >= 15 is 0 Å². The van der Waals surface area contributed by atoms with E-state index in [-0.39, 0.29) is 25.5 Å². The van der Waals surface area contributed by atoms with Gasteiger partial charge in [0, 0.05) is 18.9 Å². The Morgan fingerprint density at radius 2 is 2.00 bits per heavy atom.